The van der Waals surface area contributed by atoms with E-state index in [1.807, 2.05) is 42.5 Å². The highest BCUT2D eigenvalue weighted by Gasteiger charge is 2.22. The Kier molecular flexibility index (Phi) is 6.67. The van der Waals surface area contributed by atoms with E-state index in [0.29, 0.717) is 5.56 Å². The van der Waals surface area contributed by atoms with Gasteiger partial charge < -0.3 is 10.1 Å². The second-order valence-electron chi connectivity index (χ2n) is 6.80. The maximum atomic E-state index is 12.2. The van der Waals surface area contributed by atoms with Crippen LogP contribution in [0.15, 0.2) is 54.6 Å². The van der Waals surface area contributed by atoms with Crippen LogP contribution in [-0.2, 0) is 0 Å². The Morgan fingerprint density at radius 2 is 1.77 bits per heavy atom. The van der Waals surface area contributed by atoms with Gasteiger partial charge in [-0.1, -0.05) is 31.5 Å². The Balaban J connectivity index is 1.59. The number of carbonyl (C=O) groups is 1. The van der Waals surface area contributed by atoms with Crippen molar-refractivity contribution in [1.82, 2.24) is 4.90 Å². The molecule has 1 atom stereocenters. The number of carbonyl (C=O) groups excluding carboxylic acids is 1. The average molecular weight is 352 g/mol. The minimum atomic E-state index is -0.0999. The lowest BCUT2D eigenvalue weighted by Gasteiger charge is -2.28. The number of unbranched alkanes of at least 4 members (excludes halogenated alkanes) is 1. The van der Waals surface area contributed by atoms with Crippen molar-refractivity contribution in [1.29, 1.82) is 0 Å². The van der Waals surface area contributed by atoms with Gasteiger partial charge in [0, 0.05) is 24.3 Å². The zero-order valence-corrected chi connectivity index (χ0v) is 15.5. The molecule has 138 valence electrons. The quantitative estimate of drug-likeness (QED) is 0.732. The van der Waals surface area contributed by atoms with Crippen molar-refractivity contribution in [3.63, 3.8) is 0 Å². The molecule has 0 aromatic heterocycles. The second kappa shape index (κ2) is 9.39. The van der Waals surface area contributed by atoms with E-state index in [9.17, 15) is 4.79 Å². The molecule has 26 heavy (non-hydrogen) atoms. The first-order valence-electron chi connectivity index (χ1n) is 9.63. The molecule has 0 bridgehead atoms. The molecule has 1 amide bonds. The molecule has 4 heteroatoms. The molecule has 1 heterocycles. The van der Waals surface area contributed by atoms with Gasteiger partial charge in [-0.15, -0.1) is 0 Å². The highest BCUT2D eigenvalue weighted by molar-refractivity contribution is 6.04. The van der Waals surface area contributed by atoms with Gasteiger partial charge in [-0.3, -0.25) is 9.69 Å². The van der Waals surface area contributed by atoms with E-state index in [0.717, 1.165) is 30.9 Å². The topological polar surface area (TPSA) is 41.6 Å². The number of amides is 1. The van der Waals surface area contributed by atoms with E-state index in [1.165, 1.54) is 25.7 Å². The fraction of sp³-hybridized carbons (Fsp3) is 0.409. The highest BCUT2D eigenvalue weighted by Crippen LogP contribution is 2.23. The Morgan fingerprint density at radius 1 is 1.08 bits per heavy atom. The molecule has 3 rings (SSSR count). The number of likely N-dealkylation sites (tertiary alicyclic amines) is 1. The summed E-state index contributed by atoms with van der Waals surface area (Å²) in [5.41, 5.74) is 1.43. The number of nitrogens with one attached hydrogen (secondary N) is 1. The smallest absolute Gasteiger partial charge is 0.255 e. The number of nitrogens with zero attached hydrogens (tertiary/aromatic N) is 1. The van der Waals surface area contributed by atoms with Crippen LogP contribution < -0.4 is 10.1 Å². The lowest BCUT2D eigenvalue weighted by atomic mass is 10.2. The molecule has 1 fully saturated rings. The largest absolute Gasteiger partial charge is 0.475 e. The predicted molar refractivity (Wildman–Crippen MR) is 106 cm³/mol. The number of benzene rings is 2. The van der Waals surface area contributed by atoms with Crippen molar-refractivity contribution in [2.75, 3.05) is 18.4 Å². The van der Waals surface area contributed by atoms with Crippen molar-refractivity contribution < 1.29 is 9.53 Å². The van der Waals surface area contributed by atoms with Crippen molar-refractivity contribution >= 4 is 11.6 Å². The third-order valence-corrected chi connectivity index (χ3v) is 4.77. The number of ether oxygens (including phenoxy) is 1. The summed E-state index contributed by atoms with van der Waals surface area (Å²) in [6.45, 7) is 4.46. The molecule has 0 spiro atoms. The summed E-state index contributed by atoms with van der Waals surface area (Å²) in [5.74, 6) is 0.757. The van der Waals surface area contributed by atoms with Gasteiger partial charge in [-0.05, 0) is 62.1 Å². The maximum Gasteiger partial charge on any atom is 0.255 e. The second-order valence-corrected chi connectivity index (χ2v) is 6.80. The number of hydrogen-bond donors (Lipinski definition) is 1. The fourth-order valence-electron chi connectivity index (χ4n) is 3.29. The summed E-state index contributed by atoms with van der Waals surface area (Å²) in [4.78, 5) is 14.7. The van der Waals surface area contributed by atoms with Gasteiger partial charge in [0.15, 0.2) is 6.23 Å². The standard InChI is InChI=1S/C22H28N2O2/c1-2-3-11-21(24-16-7-8-17-24)26-20-14-12-19(13-15-20)23-22(25)18-9-5-4-6-10-18/h4-6,9-10,12-15,21H,2-3,7-8,11,16-17H2,1H3,(H,23,25). The lowest BCUT2D eigenvalue weighted by Crippen LogP contribution is -2.37. The SMILES string of the molecule is CCCCC(Oc1ccc(NC(=O)c2ccccc2)cc1)N1CCCC1. The van der Waals surface area contributed by atoms with Crippen LogP contribution in [-0.4, -0.2) is 30.1 Å². The van der Waals surface area contributed by atoms with Crippen LogP contribution in [0.4, 0.5) is 5.69 Å². The third kappa shape index (κ3) is 5.09. The van der Waals surface area contributed by atoms with Gasteiger partial charge in [0.1, 0.15) is 5.75 Å². The van der Waals surface area contributed by atoms with E-state index in [2.05, 4.69) is 17.1 Å². The molecule has 1 N–H and O–H groups in total. The first kappa shape index (κ1) is 18.5. The minimum absolute atomic E-state index is 0.0999. The van der Waals surface area contributed by atoms with E-state index < -0.39 is 0 Å². The molecule has 0 radical (unpaired) electrons. The molecular weight excluding hydrogens is 324 g/mol. The van der Waals surface area contributed by atoms with Gasteiger partial charge in [0.2, 0.25) is 0 Å². The van der Waals surface area contributed by atoms with Gasteiger partial charge in [-0.25, -0.2) is 0 Å². The number of rotatable bonds is 8. The van der Waals surface area contributed by atoms with Crippen molar-refractivity contribution in [2.45, 2.75) is 45.3 Å². The Labute approximate surface area is 156 Å². The Morgan fingerprint density at radius 3 is 2.42 bits per heavy atom. The van der Waals surface area contributed by atoms with Gasteiger partial charge in [0.25, 0.3) is 5.91 Å². The molecule has 1 unspecified atom stereocenters. The highest BCUT2D eigenvalue weighted by atomic mass is 16.5. The van der Waals surface area contributed by atoms with E-state index >= 15 is 0 Å². The number of anilines is 1. The van der Waals surface area contributed by atoms with Gasteiger partial charge >= 0.3 is 0 Å². The van der Waals surface area contributed by atoms with Crippen molar-refractivity contribution in [2.24, 2.45) is 0 Å². The fourth-order valence-corrected chi connectivity index (χ4v) is 3.29. The zero-order valence-electron chi connectivity index (χ0n) is 15.5. The first-order chi connectivity index (χ1) is 12.8. The maximum absolute atomic E-state index is 12.2. The minimum Gasteiger partial charge on any atom is -0.475 e. The van der Waals surface area contributed by atoms with Crippen LogP contribution in [0.1, 0.15) is 49.4 Å². The first-order valence-corrected chi connectivity index (χ1v) is 9.63. The van der Waals surface area contributed by atoms with Crippen LogP contribution in [0.25, 0.3) is 0 Å². The van der Waals surface area contributed by atoms with E-state index in [1.54, 1.807) is 12.1 Å². The summed E-state index contributed by atoms with van der Waals surface area (Å²) in [6.07, 6.45) is 6.09. The summed E-state index contributed by atoms with van der Waals surface area (Å²) >= 11 is 0. The molecule has 1 aliphatic rings. The molecule has 2 aromatic carbocycles. The van der Waals surface area contributed by atoms with Crippen LogP contribution in [0.3, 0.4) is 0 Å². The zero-order chi connectivity index (χ0) is 18.2. The predicted octanol–water partition coefficient (Wildman–Crippen LogP) is 4.93. The van der Waals surface area contributed by atoms with Crippen LogP contribution >= 0.6 is 0 Å². The van der Waals surface area contributed by atoms with Crippen molar-refractivity contribution in [3.8, 4) is 5.75 Å². The molecule has 0 saturated carbocycles. The third-order valence-electron chi connectivity index (χ3n) is 4.77. The van der Waals surface area contributed by atoms with Crippen LogP contribution in [0.2, 0.25) is 0 Å². The molecule has 2 aromatic rings. The number of hydrogen-bond acceptors (Lipinski definition) is 3. The summed E-state index contributed by atoms with van der Waals surface area (Å²) in [5, 5.41) is 2.92. The Hall–Kier alpha value is -2.33. The molecule has 1 aliphatic heterocycles. The van der Waals surface area contributed by atoms with Crippen LogP contribution in [0.5, 0.6) is 5.75 Å². The summed E-state index contributed by atoms with van der Waals surface area (Å²) in [7, 11) is 0. The average Bonchev–Trinajstić information content (AvgIpc) is 3.22. The molecule has 0 aliphatic carbocycles. The summed E-state index contributed by atoms with van der Waals surface area (Å²) < 4.78 is 6.26. The Bertz CT molecular complexity index is 679. The molecule has 1 saturated heterocycles. The monoisotopic (exact) mass is 352 g/mol. The summed E-state index contributed by atoms with van der Waals surface area (Å²) in [6, 6.07) is 16.9. The lowest BCUT2D eigenvalue weighted by molar-refractivity contribution is 0.0345. The normalized spacial score (nSPS) is 15.6. The van der Waals surface area contributed by atoms with Gasteiger partial charge in [0.05, 0.1) is 0 Å². The van der Waals surface area contributed by atoms with E-state index in [4.69, 9.17) is 4.74 Å². The van der Waals surface area contributed by atoms with Gasteiger partial charge in [-0.2, -0.15) is 0 Å². The molecular formula is C22H28N2O2. The van der Waals surface area contributed by atoms with Crippen molar-refractivity contribution in [3.05, 3.63) is 60.2 Å². The van der Waals surface area contributed by atoms with Crippen LogP contribution in [0, 0.1) is 0 Å². The molecule has 4 nitrogen and oxygen atoms in total. The van der Waals surface area contributed by atoms with E-state index in [-0.39, 0.29) is 12.1 Å².